The first-order valence-corrected chi connectivity index (χ1v) is 31.8. The van der Waals surface area contributed by atoms with Crippen molar-refractivity contribution in [3.8, 4) is 6.07 Å². The minimum Gasteiger partial charge on any atom is -0.387 e. The predicted octanol–water partition coefficient (Wildman–Crippen LogP) is 11.9. The number of hydrogen-bond donors (Lipinski definition) is 3. The molecule has 3 unspecified atom stereocenters. The minimum absolute atomic E-state index is 0.0779. The molecule has 3 N–H and O–H groups in total. The number of nitriles is 1. The van der Waals surface area contributed by atoms with Crippen molar-refractivity contribution in [2.75, 3.05) is 30.4 Å². The molecular weight excluding hydrogens is 1160 g/mol. The number of fused-ring (bicyclic) bond motifs is 2. The molecule has 8 rings (SSSR count). The summed E-state index contributed by atoms with van der Waals surface area (Å²) in [7, 11) is -2.50. The molecule has 87 heavy (non-hydrogen) atoms. The monoisotopic (exact) mass is 1240 g/mol. The van der Waals surface area contributed by atoms with E-state index in [1.54, 1.807) is 48.5 Å². The van der Waals surface area contributed by atoms with Crippen LogP contribution < -0.4 is 10.6 Å². The van der Waals surface area contributed by atoms with Gasteiger partial charge in [0.2, 0.25) is 6.54 Å². The first-order valence-electron chi connectivity index (χ1n) is 29.5. The molecule has 6 aromatic rings. The number of nitrogens with one attached hydrogen (secondary N) is 2. The topological polar surface area (TPSA) is 250 Å². The fourth-order valence-electron chi connectivity index (χ4n) is 10.2. The number of rotatable bonds is 25. The van der Waals surface area contributed by atoms with Crippen molar-refractivity contribution in [1.82, 2.24) is 53.0 Å². The largest absolute Gasteiger partial charge is 0.387 e. The lowest BCUT2D eigenvalue weighted by Gasteiger charge is -2.45. The summed E-state index contributed by atoms with van der Waals surface area (Å²) < 4.78 is 70.9. The van der Waals surface area contributed by atoms with Gasteiger partial charge >= 0.3 is 0 Å². The molecule has 2 amide bonds. The van der Waals surface area contributed by atoms with Crippen LogP contribution >= 0.6 is 17.0 Å². The van der Waals surface area contributed by atoms with Gasteiger partial charge in [0, 0.05) is 47.4 Å². The number of amides is 2. The number of halogens is 2. The Morgan fingerprint density at radius 3 is 1.51 bits per heavy atom. The highest BCUT2D eigenvalue weighted by Gasteiger charge is 2.50. The first kappa shape index (κ1) is 69.9. The molecule has 6 heterocycles. The molecule has 2 aliphatic rings. The smallest absolute Gasteiger partial charge is 0.259 e. The highest BCUT2D eigenvalue weighted by molar-refractivity contribution is 7.47. The van der Waals surface area contributed by atoms with Gasteiger partial charge in [0.05, 0.1) is 44.0 Å². The van der Waals surface area contributed by atoms with Crippen molar-refractivity contribution in [1.29, 1.82) is 5.26 Å². The number of carbonyl (C=O) groups is 2. The fraction of sp³-hybridized carbons (Fsp3) is 0.567. The molecular formula is C60H85F2N15O8P2. The molecule has 0 saturated carbocycles. The van der Waals surface area contributed by atoms with E-state index in [1.807, 2.05) is 53.7 Å². The molecule has 2 aromatic carbocycles. The van der Waals surface area contributed by atoms with E-state index in [2.05, 4.69) is 121 Å². The molecule has 9 atom stereocenters. The van der Waals surface area contributed by atoms with Crippen molar-refractivity contribution in [3.05, 3.63) is 109 Å². The Kier molecular flexibility index (Phi) is 26.9. The number of aliphatic hydroxyl groups excluding tert-OH is 1. The standard InChI is InChI=1S/C27H35FN7O4P.C18H18FN5O3.C15H32N3OP/c1-7-20-23(39-40(37-14-13-29-6)35(17(2)3)18(4)5)21(28)27(38-20)34-16-32-22-24(30-15-31-25(22)34)33-26(36)19-11-9-8-10-12-19;1-2-11-14(25)12(19)18(27-11)24-9-22-13-15(20-8-21-16(13)24)23-17(26)10-6-4-3-5-7-10;1-12(2)17(13(3)4)20(19-11-9-10-16)18(14(5)6)15(7)8/h8-12,15-18,20-21,23,27H,7,13-14H2,1-5H3,(H,30,31,33,36);3-9,11-12,14,18,25H,2H2,1H3,(H,20,21,23,26);12-15H,9,11H2,1-8H3/t20-,21-,23-,27?,40?;11-,12-,14-,18?;/m11./s1. The van der Waals surface area contributed by atoms with Gasteiger partial charge in [-0.1, -0.05) is 50.2 Å². The Hall–Kier alpha value is -6.18. The van der Waals surface area contributed by atoms with Gasteiger partial charge in [-0.25, -0.2) is 59.3 Å². The van der Waals surface area contributed by atoms with Crippen LogP contribution in [-0.2, 0) is 23.0 Å². The number of imidazole rings is 2. The van der Waals surface area contributed by atoms with Crippen LogP contribution in [0, 0.1) is 17.9 Å². The maximum Gasteiger partial charge on any atom is 0.259 e. The molecule has 2 saturated heterocycles. The summed E-state index contributed by atoms with van der Waals surface area (Å²) in [6.07, 6.45) is -1.72. The maximum absolute atomic E-state index is 16.2. The summed E-state index contributed by atoms with van der Waals surface area (Å²) in [4.78, 5) is 53.8. The van der Waals surface area contributed by atoms with Crippen molar-refractivity contribution < 1.29 is 46.5 Å². The summed E-state index contributed by atoms with van der Waals surface area (Å²) in [5.41, 5.74) is 2.20. The van der Waals surface area contributed by atoms with E-state index in [9.17, 15) is 19.1 Å². The second-order valence-corrected chi connectivity index (χ2v) is 25.4. The molecule has 0 aliphatic carbocycles. The lowest BCUT2D eigenvalue weighted by Crippen LogP contribution is -2.43. The fourth-order valence-corrected chi connectivity index (χ4v) is 14.3. The number of alkyl halides is 2. The summed E-state index contributed by atoms with van der Waals surface area (Å²) in [5, 5.41) is 24.2. The molecule has 27 heteroatoms. The lowest BCUT2D eigenvalue weighted by molar-refractivity contribution is -0.0238. The van der Waals surface area contributed by atoms with Gasteiger partial charge in [0.15, 0.2) is 67.2 Å². The molecule has 2 fully saturated rings. The van der Waals surface area contributed by atoms with Crippen molar-refractivity contribution in [2.24, 2.45) is 0 Å². The quantitative estimate of drug-likeness (QED) is 0.0274. The predicted molar refractivity (Wildman–Crippen MR) is 332 cm³/mol. The van der Waals surface area contributed by atoms with Gasteiger partial charge < -0.3 is 43.6 Å². The highest BCUT2D eigenvalue weighted by Crippen LogP contribution is 2.52. The Morgan fingerprint density at radius 2 is 1.10 bits per heavy atom. The molecule has 4 aromatic heterocycles. The SMILES string of the molecule is CC(C)N(C(C)C)P(OCCC#N)N(C(C)C)C(C)C.CC[C@H]1OC(n2cnc3c(NC(=O)c4ccccc4)ncnc32)[C@H](F)[C@@H]1O.[C-]#[N+]CCOP(O[C@@H]1[C@@H](CC)OC(n2cnc3c(NC(=O)c4ccccc4)ncnc32)[C@@H]1F)N(C(C)C)C(C)C. The van der Waals surface area contributed by atoms with Crippen molar-refractivity contribution >= 4 is 62.8 Å². The van der Waals surface area contributed by atoms with E-state index in [0.29, 0.717) is 83.5 Å². The van der Waals surface area contributed by atoms with Crippen LogP contribution in [0.4, 0.5) is 20.4 Å². The highest BCUT2D eigenvalue weighted by atomic mass is 31.2. The number of nitrogens with zero attached hydrogens (tertiary/aromatic N) is 13. The third-order valence-corrected chi connectivity index (χ3v) is 19.1. The van der Waals surface area contributed by atoms with Gasteiger partial charge in [0.1, 0.15) is 31.5 Å². The van der Waals surface area contributed by atoms with Gasteiger partial charge in [-0.15, -0.1) is 0 Å². The Morgan fingerprint density at radius 1 is 0.667 bits per heavy atom. The molecule has 472 valence electrons. The van der Waals surface area contributed by atoms with E-state index < -0.39 is 66.2 Å². The van der Waals surface area contributed by atoms with Crippen molar-refractivity contribution in [3.63, 3.8) is 0 Å². The van der Waals surface area contributed by atoms with Gasteiger partial charge in [0.25, 0.3) is 20.3 Å². The normalized spacial score (nSPS) is 20.7. The second kappa shape index (κ2) is 33.4. The number of carbonyl (C=O) groups excluding carboxylic acids is 2. The molecule has 0 bridgehead atoms. The van der Waals surface area contributed by atoms with E-state index in [1.165, 1.54) is 34.4 Å². The molecule has 0 radical (unpaired) electrons. The molecule has 23 nitrogen and oxygen atoms in total. The van der Waals surface area contributed by atoms with E-state index >= 15 is 4.39 Å². The Balaban J connectivity index is 0.000000223. The van der Waals surface area contributed by atoms with Gasteiger partial charge in [-0.05, 0) is 120 Å². The maximum atomic E-state index is 16.2. The van der Waals surface area contributed by atoms with E-state index in [4.69, 9.17) is 34.9 Å². The zero-order valence-electron chi connectivity index (χ0n) is 52.2. The summed E-state index contributed by atoms with van der Waals surface area (Å²) in [5.74, 6) is -0.255. The minimum atomic E-state index is -1.66. The first-order chi connectivity index (χ1) is 41.6. The summed E-state index contributed by atoms with van der Waals surface area (Å²) in [6.45, 7) is 37.5. The van der Waals surface area contributed by atoms with Crippen LogP contribution in [0.15, 0.2) is 86.0 Å². The average molecular weight is 1240 g/mol. The van der Waals surface area contributed by atoms with Crippen LogP contribution in [0.2, 0.25) is 0 Å². The van der Waals surface area contributed by atoms with Crippen LogP contribution in [0.1, 0.15) is 149 Å². The zero-order chi connectivity index (χ0) is 63.6. The third-order valence-electron chi connectivity index (χ3n) is 14.0. The summed E-state index contributed by atoms with van der Waals surface area (Å²) in [6, 6.07) is 21.4. The second-order valence-electron chi connectivity index (χ2n) is 22.3. The number of ether oxygens (including phenoxy) is 2. The number of aromatic nitrogens is 8. The van der Waals surface area contributed by atoms with Crippen LogP contribution in [0.3, 0.4) is 0 Å². The summed E-state index contributed by atoms with van der Waals surface area (Å²) >= 11 is 0. The van der Waals surface area contributed by atoms with E-state index in [0.717, 1.165) is 0 Å². The molecule has 2 aliphatic heterocycles. The van der Waals surface area contributed by atoms with Gasteiger partial charge in [-0.2, -0.15) is 5.26 Å². The number of aliphatic hydroxyl groups is 1. The van der Waals surface area contributed by atoms with Crippen molar-refractivity contribution in [2.45, 2.75) is 202 Å². The van der Waals surface area contributed by atoms with Crippen LogP contribution in [0.25, 0.3) is 27.2 Å². The third kappa shape index (κ3) is 17.6. The average Bonchev–Trinajstić information content (AvgIpc) is 1.89. The zero-order valence-corrected chi connectivity index (χ0v) is 54.0. The van der Waals surface area contributed by atoms with Gasteiger partial charge in [-0.3, -0.25) is 18.7 Å². The van der Waals surface area contributed by atoms with Crippen LogP contribution in [-0.4, -0.2) is 163 Å². The van der Waals surface area contributed by atoms with E-state index in [-0.39, 0.29) is 48.7 Å². The molecule has 0 spiro atoms. The Labute approximate surface area is 512 Å². The number of hydrogen-bond acceptors (Lipinski definition) is 18. The lowest BCUT2D eigenvalue weighted by atomic mass is 10.1. The Bertz CT molecular complexity index is 3150. The number of anilines is 2. The van der Waals surface area contributed by atoms with Crippen LogP contribution in [0.5, 0.6) is 0 Å². The number of benzene rings is 2.